The molecule has 15 heavy (non-hydrogen) atoms. The average Bonchev–Trinajstić information content (AvgIpc) is 2.62. The molecule has 2 rings (SSSR count). The summed E-state index contributed by atoms with van der Waals surface area (Å²) in [7, 11) is 0. The van der Waals surface area contributed by atoms with Gasteiger partial charge in [-0.25, -0.2) is 0 Å². The Hall–Kier alpha value is -2.17. The minimum atomic E-state index is 0.595. The van der Waals surface area contributed by atoms with Crippen molar-refractivity contribution in [2.75, 3.05) is 0 Å². The summed E-state index contributed by atoms with van der Waals surface area (Å²) in [5.74, 6) is 0. The van der Waals surface area contributed by atoms with E-state index >= 15 is 0 Å². The van der Waals surface area contributed by atoms with E-state index in [1.54, 1.807) is 6.20 Å². The second kappa shape index (κ2) is 3.53. The highest BCUT2D eigenvalue weighted by Gasteiger charge is 2.05. The quantitative estimate of drug-likeness (QED) is 0.638. The van der Waals surface area contributed by atoms with Gasteiger partial charge < -0.3 is 11.1 Å². The highest BCUT2D eigenvalue weighted by atomic mass is 15.1. The number of allylic oxidation sites excluding steroid dienone is 1. The van der Waals surface area contributed by atoms with Crippen molar-refractivity contribution in [2.24, 2.45) is 5.73 Å². The molecular formula is C10H11N5. The van der Waals surface area contributed by atoms with Crippen molar-refractivity contribution in [3.8, 4) is 0 Å². The van der Waals surface area contributed by atoms with Gasteiger partial charge in [-0.1, -0.05) is 0 Å². The Morgan fingerprint density at radius 3 is 3.07 bits per heavy atom. The van der Waals surface area contributed by atoms with Crippen molar-refractivity contribution in [3.63, 3.8) is 0 Å². The van der Waals surface area contributed by atoms with Gasteiger partial charge in [-0.15, -0.1) is 0 Å². The van der Waals surface area contributed by atoms with Gasteiger partial charge >= 0.3 is 0 Å². The molecule has 2 aromatic rings. The van der Waals surface area contributed by atoms with E-state index < -0.39 is 0 Å². The molecule has 0 saturated carbocycles. The maximum Gasteiger partial charge on any atom is 0.111 e. The third kappa shape index (κ3) is 1.48. The fourth-order valence-electron chi connectivity index (χ4n) is 1.41. The lowest BCUT2D eigenvalue weighted by Crippen LogP contribution is -1.93. The van der Waals surface area contributed by atoms with E-state index in [1.165, 1.54) is 12.4 Å². The number of rotatable bonds is 2. The van der Waals surface area contributed by atoms with Gasteiger partial charge in [0.1, 0.15) is 5.52 Å². The summed E-state index contributed by atoms with van der Waals surface area (Å²) in [6.45, 7) is 1.94. The number of aryl methyl sites for hydroxylation is 1. The van der Waals surface area contributed by atoms with E-state index in [-0.39, 0.29) is 0 Å². The molecule has 0 bridgehead atoms. The van der Waals surface area contributed by atoms with E-state index in [0.717, 1.165) is 16.6 Å². The van der Waals surface area contributed by atoms with Crippen LogP contribution in [0.1, 0.15) is 11.4 Å². The lowest BCUT2D eigenvalue weighted by molar-refractivity contribution is 1.07. The highest BCUT2D eigenvalue weighted by molar-refractivity contribution is 6.08. The number of nitrogens with zero attached hydrogens (tertiary/aromatic N) is 2. The van der Waals surface area contributed by atoms with Crippen LogP contribution in [0.15, 0.2) is 18.5 Å². The SMILES string of the molecule is Cc1[nH]nc2cnc(/C(C=N)=C/N)cc12. The molecule has 76 valence electrons. The molecule has 0 aliphatic heterocycles. The number of aromatic nitrogens is 3. The number of nitrogens with two attached hydrogens (primary N) is 1. The summed E-state index contributed by atoms with van der Waals surface area (Å²) in [5.41, 5.74) is 8.47. The minimum absolute atomic E-state index is 0.595. The summed E-state index contributed by atoms with van der Waals surface area (Å²) in [6.07, 6.45) is 4.22. The molecule has 0 amide bonds. The summed E-state index contributed by atoms with van der Waals surface area (Å²) in [5, 5.41) is 15.1. The molecule has 0 aliphatic rings. The van der Waals surface area contributed by atoms with Crippen LogP contribution in [0.4, 0.5) is 0 Å². The minimum Gasteiger partial charge on any atom is -0.404 e. The second-order valence-corrected chi connectivity index (χ2v) is 3.20. The van der Waals surface area contributed by atoms with Crippen LogP contribution >= 0.6 is 0 Å². The van der Waals surface area contributed by atoms with Gasteiger partial charge in [0, 0.05) is 29.1 Å². The standard InChI is InChI=1S/C10H11N5/c1-6-8-2-9(7(3-11)4-12)13-5-10(8)15-14-6/h2-5,11H,12H2,1H3,(H,14,15)/b7-4+,11-3?. The molecule has 5 nitrogen and oxygen atoms in total. The Kier molecular flexibility index (Phi) is 2.21. The lowest BCUT2D eigenvalue weighted by atomic mass is 10.1. The number of hydrogen-bond acceptors (Lipinski definition) is 4. The number of aromatic amines is 1. The largest absolute Gasteiger partial charge is 0.404 e. The number of fused-ring (bicyclic) bond motifs is 1. The van der Waals surface area contributed by atoms with Gasteiger partial charge in [0.25, 0.3) is 0 Å². The van der Waals surface area contributed by atoms with Crippen LogP contribution in [-0.4, -0.2) is 21.4 Å². The molecule has 2 aromatic heterocycles. The zero-order chi connectivity index (χ0) is 10.8. The topological polar surface area (TPSA) is 91.4 Å². The van der Waals surface area contributed by atoms with Crippen LogP contribution in [0.25, 0.3) is 16.5 Å². The average molecular weight is 201 g/mol. The molecule has 4 N–H and O–H groups in total. The zero-order valence-corrected chi connectivity index (χ0v) is 8.28. The van der Waals surface area contributed by atoms with Crippen LogP contribution in [0, 0.1) is 12.3 Å². The lowest BCUT2D eigenvalue weighted by Gasteiger charge is -1.99. The van der Waals surface area contributed by atoms with Crippen molar-refractivity contribution in [1.82, 2.24) is 15.2 Å². The molecular weight excluding hydrogens is 190 g/mol. The number of nitrogens with one attached hydrogen (secondary N) is 2. The smallest absolute Gasteiger partial charge is 0.111 e. The van der Waals surface area contributed by atoms with E-state index in [1.807, 2.05) is 13.0 Å². The van der Waals surface area contributed by atoms with Gasteiger partial charge in [0.15, 0.2) is 0 Å². The Bertz CT molecular complexity index is 538. The molecule has 0 radical (unpaired) electrons. The Morgan fingerprint density at radius 1 is 1.60 bits per heavy atom. The highest BCUT2D eigenvalue weighted by Crippen LogP contribution is 2.18. The predicted molar refractivity (Wildman–Crippen MR) is 59.6 cm³/mol. The molecule has 0 aromatic carbocycles. The molecule has 0 spiro atoms. The summed E-state index contributed by atoms with van der Waals surface area (Å²) >= 11 is 0. The van der Waals surface area contributed by atoms with Gasteiger partial charge in [-0.2, -0.15) is 5.10 Å². The van der Waals surface area contributed by atoms with Crippen molar-refractivity contribution >= 4 is 22.7 Å². The molecule has 5 heteroatoms. The summed E-state index contributed by atoms with van der Waals surface area (Å²) < 4.78 is 0. The Balaban J connectivity index is 2.64. The fourth-order valence-corrected chi connectivity index (χ4v) is 1.41. The fraction of sp³-hybridized carbons (Fsp3) is 0.100. The number of pyridine rings is 1. The molecule has 0 unspecified atom stereocenters. The van der Waals surface area contributed by atoms with Crippen LogP contribution in [0.5, 0.6) is 0 Å². The van der Waals surface area contributed by atoms with E-state index in [9.17, 15) is 0 Å². The maximum absolute atomic E-state index is 7.19. The van der Waals surface area contributed by atoms with Crippen LogP contribution in [-0.2, 0) is 0 Å². The van der Waals surface area contributed by atoms with E-state index in [0.29, 0.717) is 11.3 Å². The maximum atomic E-state index is 7.19. The molecule has 0 saturated heterocycles. The first kappa shape index (κ1) is 9.39. The zero-order valence-electron chi connectivity index (χ0n) is 8.28. The second-order valence-electron chi connectivity index (χ2n) is 3.20. The third-order valence-electron chi connectivity index (χ3n) is 2.26. The Morgan fingerprint density at radius 2 is 2.40 bits per heavy atom. The van der Waals surface area contributed by atoms with Crippen LogP contribution in [0.3, 0.4) is 0 Å². The first-order valence-corrected chi connectivity index (χ1v) is 4.49. The van der Waals surface area contributed by atoms with Crippen molar-refractivity contribution in [2.45, 2.75) is 6.92 Å². The van der Waals surface area contributed by atoms with Gasteiger partial charge in [0.2, 0.25) is 0 Å². The van der Waals surface area contributed by atoms with Crippen LogP contribution in [0.2, 0.25) is 0 Å². The van der Waals surface area contributed by atoms with Gasteiger partial charge in [-0.3, -0.25) is 10.1 Å². The normalized spacial score (nSPS) is 11.9. The summed E-state index contributed by atoms with van der Waals surface area (Å²) in [6, 6.07) is 1.87. The van der Waals surface area contributed by atoms with Crippen molar-refractivity contribution < 1.29 is 0 Å². The third-order valence-corrected chi connectivity index (χ3v) is 2.26. The molecule has 0 atom stereocenters. The first-order valence-electron chi connectivity index (χ1n) is 4.49. The predicted octanol–water partition coefficient (Wildman–Crippen LogP) is 1.22. The van der Waals surface area contributed by atoms with Crippen LogP contribution < -0.4 is 5.73 Å². The van der Waals surface area contributed by atoms with Gasteiger partial charge in [-0.05, 0) is 13.0 Å². The summed E-state index contributed by atoms with van der Waals surface area (Å²) in [4.78, 5) is 4.18. The number of H-pyrrole nitrogens is 1. The van der Waals surface area contributed by atoms with E-state index in [4.69, 9.17) is 11.1 Å². The van der Waals surface area contributed by atoms with Crippen molar-refractivity contribution in [1.29, 1.82) is 5.41 Å². The molecule has 2 heterocycles. The molecule has 0 fully saturated rings. The number of hydrogen-bond donors (Lipinski definition) is 3. The monoisotopic (exact) mass is 201 g/mol. The molecule has 0 aliphatic carbocycles. The van der Waals surface area contributed by atoms with Crippen molar-refractivity contribution in [3.05, 3.63) is 29.9 Å². The van der Waals surface area contributed by atoms with E-state index in [2.05, 4.69) is 15.2 Å². The Labute approximate surface area is 86.5 Å². The first-order chi connectivity index (χ1) is 7.26. The van der Waals surface area contributed by atoms with Gasteiger partial charge in [0.05, 0.1) is 11.9 Å².